The van der Waals surface area contributed by atoms with Crippen molar-refractivity contribution in [3.05, 3.63) is 24.3 Å². The second-order valence-electron chi connectivity index (χ2n) is 3.49. The quantitative estimate of drug-likeness (QED) is 0.856. The summed E-state index contributed by atoms with van der Waals surface area (Å²) in [5.41, 5.74) is 0.574. The molecule has 0 saturated carbocycles. The number of carbonyl (C=O) groups is 1. The van der Waals surface area contributed by atoms with Crippen LogP contribution in [-0.2, 0) is 14.8 Å². The van der Waals surface area contributed by atoms with Crippen molar-refractivity contribution in [1.29, 1.82) is 0 Å². The lowest BCUT2D eigenvalue weighted by molar-refractivity contribution is -0.114. The van der Waals surface area contributed by atoms with Gasteiger partial charge >= 0.3 is 0 Å². The molecule has 1 amide bonds. The smallest absolute Gasteiger partial charge is 0.242 e. The van der Waals surface area contributed by atoms with Crippen molar-refractivity contribution in [2.75, 3.05) is 19.4 Å². The molecule has 0 saturated heterocycles. The number of benzene rings is 1. The molecule has 0 aliphatic heterocycles. The molecule has 0 spiro atoms. The molecule has 0 bridgehead atoms. The molecule has 0 radical (unpaired) electrons. The first kappa shape index (κ1) is 12.7. The highest BCUT2D eigenvalue weighted by Gasteiger charge is 2.16. The average Bonchev–Trinajstić information content (AvgIpc) is 2.17. The van der Waals surface area contributed by atoms with E-state index in [1.807, 2.05) is 0 Å². The van der Waals surface area contributed by atoms with Crippen LogP contribution in [0.2, 0.25) is 0 Å². The van der Waals surface area contributed by atoms with E-state index in [9.17, 15) is 13.2 Å². The van der Waals surface area contributed by atoms with Crippen molar-refractivity contribution in [3.8, 4) is 0 Å². The highest BCUT2D eigenvalue weighted by molar-refractivity contribution is 7.89. The zero-order valence-corrected chi connectivity index (χ0v) is 10.2. The van der Waals surface area contributed by atoms with Gasteiger partial charge in [-0.25, -0.2) is 12.7 Å². The van der Waals surface area contributed by atoms with Crippen LogP contribution >= 0.6 is 0 Å². The Hall–Kier alpha value is -1.40. The summed E-state index contributed by atoms with van der Waals surface area (Å²) in [7, 11) is -0.463. The lowest BCUT2D eigenvalue weighted by atomic mass is 10.3. The van der Waals surface area contributed by atoms with Gasteiger partial charge in [0.05, 0.1) is 4.90 Å². The Morgan fingerprint density at radius 1 is 1.19 bits per heavy atom. The van der Waals surface area contributed by atoms with E-state index in [-0.39, 0.29) is 10.8 Å². The van der Waals surface area contributed by atoms with Crippen LogP contribution in [-0.4, -0.2) is 32.7 Å². The second kappa shape index (κ2) is 4.63. The fourth-order valence-corrected chi connectivity index (χ4v) is 2.03. The van der Waals surface area contributed by atoms with Gasteiger partial charge in [0, 0.05) is 26.7 Å². The third-order valence-electron chi connectivity index (χ3n) is 1.95. The summed E-state index contributed by atoms with van der Waals surface area (Å²) in [6.07, 6.45) is 0. The highest BCUT2D eigenvalue weighted by Crippen LogP contribution is 2.16. The fourth-order valence-electron chi connectivity index (χ4n) is 1.12. The lowest BCUT2D eigenvalue weighted by Crippen LogP contribution is -2.22. The molecule has 1 N–H and O–H groups in total. The van der Waals surface area contributed by atoms with Crippen LogP contribution in [0.5, 0.6) is 0 Å². The third kappa shape index (κ3) is 2.80. The summed E-state index contributed by atoms with van der Waals surface area (Å²) >= 11 is 0. The Labute approximate surface area is 95.1 Å². The summed E-state index contributed by atoms with van der Waals surface area (Å²) in [5, 5.41) is 2.57. The first-order valence-electron chi connectivity index (χ1n) is 4.64. The standard InChI is InChI=1S/C10H14N2O3S/c1-8(13)11-9-4-6-10(7-5-9)16(14,15)12(2)3/h4-7H,1-3H3,(H,11,13). The minimum atomic E-state index is -3.40. The molecule has 16 heavy (non-hydrogen) atoms. The van der Waals surface area contributed by atoms with Crippen LogP contribution in [0.3, 0.4) is 0 Å². The summed E-state index contributed by atoms with van der Waals surface area (Å²) in [6, 6.07) is 6.02. The molecule has 0 unspecified atom stereocenters. The fraction of sp³-hybridized carbons (Fsp3) is 0.300. The Morgan fingerprint density at radius 2 is 1.69 bits per heavy atom. The van der Waals surface area contributed by atoms with Crippen molar-refractivity contribution < 1.29 is 13.2 Å². The number of anilines is 1. The maximum absolute atomic E-state index is 11.7. The topological polar surface area (TPSA) is 66.5 Å². The largest absolute Gasteiger partial charge is 0.326 e. The van der Waals surface area contributed by atoms with E-state index in [1.165, 1.54) is 33.2 Å². The van der Waals surface area contributed by atoms with E-state index in [1.54, 1.807) is 12.1 Å². The molecule has 0 fully saturated rings. The summed E-state index contributed by atoms with van der Waals surface area (Å²) < 4.78 is 24.5. The Bertz CT molecular complexity index is 477. The third-order valence-corrected chi connectivity index (χ3v) is 3.78. The number of hydrogen-bond acceptors (Lipinski definition) is 3. The first-order chi connectivity index (χ1) is 7.34. The van der Waals surface area contributed by atoms with Crippen LogP contribution in [0, 0.1) is 0 Å². The molecular formula is C10H14N2O3S. The number of amides is 1. The molecule has 6 heteroatoms. The van der Waals surface area contributed by atoms with Gasteiger partial charge in [0.1, 0.15) is 0 Å². The van der Waals surface area contributed by atoms with E-state index < -0.39 is 10.0 Å². The molecule has 5 nitrogen and oxygen atoms in total. The van der Waals surface area contributed by atoms with Crippen LogP contribution in [0.1, 0.15) is 6.92 Å². The molecular weight excluding hydrogens is 228 g/mol. The zero-order chi connectivity index (χ0) is 12.3. The molecule has 1 aromatic rings. The second-order valence-corrected chi connectivity index (χ2v) is 5.64. The van der Waals surface area contributed by atoms with Crippen molar-refractivity contribution in [2.24, 2.45) is 0 Å². The summed E-state index contributed by atoms with van der Waals surface area (Å²) in [5.74, 6) is -0.191. The molecule has 0 aliphatic carbocycles. The van der Waals surface area contributed by atoms with Gasteiger partial charge in [-0.3, -0.25) is 4.79 Å². The number of nitrogens with one attached hydrogen (secondary N) is 1. The minimum Gasteiger partial charge on any atom is -0.326 e. The molecule has 0 aromatic heterocycles. The zero-order valence-electron chi connectivity index (χ0n) is 9.39. The van der Waals surface area contributed by atoms with Gasteiger partial charge in [0.15, 0.2) is 0 Å². The Balaban J connectivity index is 3.00. The van der Waals surface area contributed by atoms with Crippen molar-refractivity contribution >= 4 is 21.6 Å². The number of hydrogen-bond donors (Lipinski definition) is 1. The molecule has 0 atom stereocenters. The minimum absolute atomic E-state index is 0.191. The number of nitrogens with zero attached hydrogens (tertiary/aromatic N) is 1. The number of rotatable bonds is 3. The SMILES string of the molecule is CC(=O)Nc1ccc(S(=O)(=O)N(C)C)cc1. The molecule has 0 heterocycles. The van der Waals surface area contributed by atoms with Crippen LogP contribution in [0.15, 0.2) is 29.2 Å². The predicted molar refractivity (Wildman–Crippen MR) is 61.6 cm³/mol. The van der Waals surface area contributed by atoms with Gasteiger partial charge in [0.2, 0.25) is 15.9 Å². The predicted octanol–water partition coefficient (Wildman–Crippen LogP) is 0.895. The van der Waals surface area contributed by atoms with E-state index in [0.29, 0.717) is 5.69 Å². The van der Waals surface area contributed by atoms with E-state index in [0.717, 1.165) is 4.31 Å². The van der Waals surface area contributed by atoms with Crippen molar-refractivity contribution in [3.63, 3.8) is 0 Å². The van der Waals surface area contributed by atoms with Gasteiger partial charge < -0.3 is 5.32 Å². The van der Waals surface area contributed by atoms with Crippen LogP contribution < -0.4 is 5.32 Å². The van der Waals surface area contributed by atoms with E-state index in [2.05, 4.69) is 5.32 Å². The van der Waals surface area contributed by atoms with E-state index >= 15 is 0 Å². The van der Waals surface area contributed by atoms with Crippen molar-refractivity contribution in [2.45, 2.75) is 11.8 Å². The van der Waals surface area contributed by atoms with Gasteiger partial charge in [-0.15, -0.1) is 0 Å². The van der Waals surface area contributed by atoms with Gasteiger partial charge in [-0.2, -0.15) is 0 Å². The van der Waals surface area contributed by atoms with E-state index in [4.69, 9.17) is 0 Å². The van der Waals surface area contributed by atoms with Crippen molar-refractivity contribution in [1.82, 2.24) is 4.31 Å². The monoisotopic (exact) mass is 242 g/mol. The average molecular weight is 242 g/mol. The first-order valence-corrected chi connectivity index (χ1v) is 6.08. The lowest BCUT2D eigenvalue weighted by Gasteiger charge is -2.11. The normalized spacial score (nSPS) is 11.5. The summed E-state index contributed by atoms with van der Waals surface area (Å²) in [6.45, 7) is 1.39. The van der Waals surface area contributed by atoms with Crippen LogP contribution in [0.4, 0.5) is 5.69 Å². The molecule has 88 valence electrons. The van der Waals surface area contributed by atoms with Gasteiger partial charge in [-0.1, -0.05) is 0 Å². The maximum Gasteiger partial charge on any atom is 0.242 e. The number of sulfonamides is 1. The highest BCUT2D eigenvalue weighted by atomic mass is 32.2. The van der Waals surface area contributed by atoms with Crippen LogP contribution in [0.25, 0.3) is 0 Å². The Kier molecular flexibility index (Phi) is 3.66. The van der Waals surface area contributed by atoms with Gasteiger partial charge in [-0.05, 0) is 24.3 Å². The van der Waals surface area contributed by atoms with Gasteiger partial charge in [0.25, 0.3) is 0 Å². The molecule has 1 aromatic carbocycles. The number of carbonyl (C=O) groups excluding carboxylic acids is 1. The maximum atomic E-state index is 11.7. The molecule has 1 rings (SSSR count). The molecule has 0 aliphatic rings. The Morgan fingerprint density at radius 3 is 2.06 bits per heavy atom. The summed E-state index contributed by atoms with van der Waals surface area (Å²) in [4.78, 5) is 11.0.